The summed E-state index contributed by atoms with van der Waals surface area (Å²) < 4.78 is 31.8. The van der Waals surface area contributed by atoms with Gasteiger partial charge in [-0.15, -0.1) is 10.2 Å². The highest BCUT2D eigenvalue weighted by Gasteiger charge is 2.48. The first kappa shape index (κ1) is 36.4. The predicted molar refractivity (Wildman–Crippen MR) is 206 cm³/mol. The average Bonchev–Trinajstić information content (AvgIpc) is 3.78. The minimum absolute atomic E-state index is 0.121. The van der Waals surface area contributed by atoms with E-state index in [4.69, 9.17) is 14.2 Å². The van der Waals surface area contributed by atoms with E-state index in [-0.39, 0.29) is 22.3 Å². The van der Waals surface area contributed by atoms with E-state index in [0.717, 1.165) is 33.6 Å². The number of aliphatic hydroxyl groups is 1. The van der Waals surface area contributed by atoms with Crippen LogP contribution in [0, 0.1) is 12.7 Å². The topological polar surface area (TPSA) is 111 Å². The van der Waals surface area contributed by atoms with Gasteiger partial charge in [0.15, 0.2) is 15.8 Å². The molecule has 1 aliphatic heterocycles. The molecule has 9 nitrogen and oxygen atoms in total. The minimum atomic E-state index is -1.08. The maximum atomic E-state index is 13.9. The number of amides is 1. The third-order valence-corrected chi connectivity index (χ3v) is 11.0. The van der Waals surface area contributed by atoms with Crippen molar-refractivity contribution in [3.63, 3.8) is 0 Å². The molecule has 54 heavy (non-hydrogen) atoms. The molecule has 0 bridgehead atoms. The molecule has 1 fully saturated rings. The summed E-state index contributed by atoms with van der Waals surface area (Å²) in [5.41, 5.74) is 4.68. The number of aryl methyl sites for hydroxylation is 1. The average molecular weight is 760 g/mol. The molecule has 0 saturated carbocycles. The molecule has 0 radical (unpaired) electrons. The first-order valence-corrected chi connectivity index (χ1v) is 18.7. The van der Waals surface area contributed by atoms with Crippen molar-refractivity contribution in [2.24, 2.45) is 0 Å². The lowest BCUT2D eigenvalue weighted by Crippen LogP contribution is -2.29. The number of benzene rings is 5. The van der Waals surface area contributed by atoms with Gasteiger partial charge in [-0.2, -0.15) is 0 Å². The number of halogens is 1. The molecule has 5 aromatic carbocycles. The Bertz CT molecular complexity index is 2310. The van der Waals surface area contributed by atoms with Gasteiger partial charge in [0.25, 0.3) is 5.78 Å². The van der Waals surface area contributed by atoms with Crippen LogP contribution in [-0.4, -0.2) is 34.1 Å². The van der Waals surface area contributed by atoms with Gasteiger partial charge in [0.2, 0.25) is 5.13 Å². The number of hydrogen-bond acceptors (Lipinski definition) is 10. The van der Waals surface area contributed by atoms with Crippen LogP contribution in [0.15, 0.2) is 131 Å². The molecule has 12 heteroatoms. The van der Waals surface area contributed by atoms with Crippen molar-refractivity contribution in [2.45, 2.75) is 36.3 Å². The summed E-state index contributed by atoms with van der Waals surface area (Å²) in [6.07, 6.45) is 0. The van der Waals surface area contributed by atoms with E-state index in [0.29, 0.717) is 51.7 Å². The summed E-state index contributed by atoms with van der Waals surface area (Å²) in [5.74, 6) is -0.537. The van der Waals surface area contributed by atoms with Crippen LogP contribution in [0.1, 0.15) is 39.4 Å². The van der Waals surface area contributed by atoms with Gasteiger partial charge >= 0.3 is 5.91 Å². The second-order valence-electron chi connectivity index (χ2n) is 12.4. The fourth-order valence-corrected chi connectivity index (χ4v) is 7.76. The van der Waals surface area contributed by atoms with Crippen molar-refractivity contribution in [2.75, 3.05) is 12.0 Å². The van der Waals surface area contributed by atoms with Gasteiger partial charge < -0.3 is 19.3 Å². The maximum absolute atomic E-state index is 13.9. The van der Waals surface area contributed by atoms with Gasteiger partial charge in [-0.1, -0.05) is 95.9 Å². The molecular weight excluding hydrogens is 726 g/mol. The number of hydrogen-bond donors (Lipinski definition) is 1. The van der Waals surface area contributed by atoms with Crippen LogP contribution in [0.25, 0.3) is 5.76 Å². The van der Waals surface area contributed by atoms with Crippen LogP contribution >= 0.6 is 23.1 Å². The molecule has 1 aliphatic rings. The molecule has 1 N–H and O–H groups in total. The van der Waals surface area contributed by atoms with E-state index in [9.17, 15) is 19.1 Å². The van der Waals surface area contributed by atoms with E-state index in [1.807, 2.05) is 61.5 Å². The van der Waals surface area contributed by atoms with Crippen molar-refractivity contribution in [3.05, 3.63) is 166 Å². The van der Waals surface area contributed by atoms with Crippen molar-refractivity contribution < 1.29 is 33.3 Å². The number of ketones is 1. The van der Waals surface area contributed by atoms with Crippen molar-refractivity contribution in [3.8, 4) is 17.2 Å². The number of aliphatic hydroxyl groups excluding tert-OH is 1. The summed E-state index contributed by atoms with van der Waals surface area (Å²) in [6.45, 7) is 2.67. The van der Waals surface area contributed by atoms with Crippen molar-refractivity contribution in [1.29, 1.82) is 0 Å². The standard InChI is InChI=1S/C42H34FN3O6S2/c1-26-8-6-7-11-31(26)24-51-33-19-14-29(15-20-33)38(47)36-37(30-16-21-34(35(22-30)50-2)52-23-27-9-4-3-5-10-27)46(40(49)39(36)48)41-44-45-42(54-41)53-25-28-12-17-32(43)18-13-28/h3-22,37,47H,23-25H2,1-2H3. The summed E-state index contributed by atoms with van der Waals surface area (Å²) in [6, 6.07) is 34.5. The Morgan fingerprint density at radius 1 is 0.833 bits per heavy atom. The molecule has 6 aromatic rings. The summed E-state index contributed by atoms with van der Waals surface area (Å²) in [5, 5.41) is 20.5. The van der Waals surface area contributed by atoms with Gasteiger partial charge in [0, 0.05) is 11.3 Å². The van der Waals surface area contributed by atoms with E-state index in [1.54, 1.807) is 54.6 Å². The van der Waals surface area contributed by atoms with E-state index < -0.39 is 17.7 Å². The third-order valence-electron chi connectivity index (χ3n) is 8.85. The van der Waals surface area contributed by atoms with Crippen molar-refractivity contribution in [1.82, 2.24) is 10.2 Å². The number of thioether (sulfide) groups is 1. The number of Topliss-reactive ketones (excluding diaryl/α,β-unsaturated/α-hetero) is 1. The summed E-state index contributed by atoms with van der Waals surface area (Å²) in [4.78, 5) is 29.0. The van der Waals surface area contributed by atoms with Gasteiger partial charge in [-0.3, -0.25) is 14.5 Å². The van der Waals surface area contributed by atoms with Crippen LogP contribution in [-0.2, 0) is 28.6 Å². The Morgan fingerprint density at radius 2 is 1.57 bits per heavy atom. The maximum Gasteiger partial charge on any atom is 0.301 e. The lowest BCUT2D eigenvalue weighted by atomic mass is 9.95. The number of nitrogens with zero attached hydrogens (tertiary/aromatic N) is 3. The van der Waals surface area contributed by atoms with Crippen LogP contribution in [0.4, 0.5) is 9.52 Å². The lowest BCUT2D eigenvalue weighted by Gasteiger charge is -2.23. The van der Waals surface area contributed by atoms with Gasteiger partial charge in [-0.25, -0.2) is 4.39 Å². The Labute approximate surface area is 319 Å². The molecule has 1 aromatic heterocycles. The number of anilines is 1. The van der Waals surface area contributed by atoms with Crippen LogP contribution < -0.4 is 19.1 Å². The Morgan fingerprint density at radius 3 is 2.31 bits per heavy atom. The lowest BCUT2D eigenvalue weighted by molar-refractivity contribution is -0.132. The van der Waals surface area contributed by atoms with E-state index in [1.165, 1.54) is 35.9 Å². The first-order valence-electron chi connectivity index (χ1n) is 16.9. The first-order chi connectivity index (χ1) is 26.3. The minimum Gasteiger partial charge on any atom is -0.507 e. The molecule has 7 rings (SSSR count). The molecule has 1 unspecified atom stereocenters. The molecule has 2 heterocycles. The Balaban J connectivity index is 1.22. The van der Waals surface area contributed by atoms with Gasteiger partial charge in [-0.05, 0) is 83.3 Å². The number of ether oxygens (including phenoxy) is 3. The van der Waals surface area contributed by atoms with Gasteiger partial charge in [0.05, 0.1) is 18.7 Å². The third kappa shape index (κ3) is 7.99. The molecular formula is C42H34FN3O6S2. The van der Waals surface area contributed by atoms with Crippen LogP contribution in [0.2, 0.25) is 0 Å². The Kier molecular flexibility index (Phi) is 11.0. The summed E-state index contributed by atoms with van der Waals surface area (Å²) >= 11 is 2.50. The molecule has 1 atom stereocenters. The second kappa shape index (κ2) is 16.4. The fourth-order valence-electron chi connectivity index (χ4n) is 5.94. The zero-order valence-electron chi connectivity index (χ0n) is 29.3. The summed E-state index contributed by atoms with van der Waals surface area (Å²) in [7, 11) is 1.50. The number of rotatable bonds is 13. The van der Waals surface area contributed by atoms with Crippen LogP contribution in [0.3, 0.4) is 0 Å². The molecule has 272 valence electrons. The highest BCUT2D eigenvalue weighted by atomic mass is 32.2. The fraction of sp³-hybridized carbons (Fsp3) is 0.143. The number of carbonyl (C=O) groups excluding carboxylic acids is 2. The van der Waals surface area contributed by atoms with Gasteiger partial charge in [0.1, 0.15) is 30.5 Å². The molecule has 0 aliphatic carbocycles. The van der Waals surface area contributed by atoms with E-state index >= 15 is 0 Å². The molecule has 0 spiro atoms. The zero-order valence-corrected chi connectivity index (χ0v) is 30.9. The second-order valence-corrected chi connectivity index (χ2v) is 14.5. The normalized spacial score (nSPS) is 15.0. The SMILES string of the molecule is COc1cc(C2C(=C(O)c3ccc(OCc4ccccc4C)cc3)C(=O)C(=O)N2c2nnc(SCc3ccc(F)cc3)s2)ccc1OCc1ccccc1. The smallest absolute Gasteiger partial charge is 0.301 e. The highest BCUT2D eigenvalue weighted by Crippen LogP contribution is 2.46. The van der Waals surface area contributed by atoms with Crippen LogP contribution in [0.5, 0.6) is 17.2 Å². The molecule has 1 amide bonds. The Hall–Kier alpha value is -5.98. The number of methoxy groups -OCH3 is 1. The number of aromatic nitrogens is 2. The predicted octanol–water partition coefficient (Wildman–Crippen LogP) is 9.07. The quantitative estimate of drug-likeness (QED) is 0.0405. The van der Waals surface area contributed by atoms with Crippen molar-refractivity contribution >= 4 is 45.7 Å². The highest BCUT2D eigenvalue weighted by molar-refractivity contribution is 8.00. The monoisotopic (exact) mass is 759 g/mol. The zero-order chi connectivity index (χ0) is 37.6. The van der Waals surface area contributed by atoms with E-state index in [2.05, 4.69) is 10.2 Å². The molecule has 1 saturated heterocycles. The largest absolute Gasteiger partial charge is 0.507 e. The number of carbonyl (C=O) groups is 2.